The van der Waals surface area contributed by atoms with E-state index < -0.39 is 10.9 Å². The Labute approximate surface area is 159 Å². The minimum atomic E-state index is -1.03. The summed E-state index contributed by atoms with van der Waals surface area (Å²) in [5.74, 6) is 6.35. The van der Waals surface area contributed by atoms with E-state index in [1.807, 2.05) is 25.1 Å². The van der Waals surface area contributed by atoms with Crippen LogP contribution in [0.25, 0.3) is 0 Å². The third-order valence-corrected chi connectivity index (χ3v) is 6.27. The smallest absolute Gasteiger partial charge is 0.167 e. The number of carbonyl (C=O) groups excluding carboxylic acids is 1. The molecule has 1 unspecified atom stereocenters. The largest absolute Gasteiger partial charge is 0.294 e. The van der Waals surface area contributed by atoms with E-state index in [0.717, 1.165) is 20.3 Å². The first kappa shape index (κ1) is 17.8. The van der Waals surface area contributed by atoms with Gasteiger partial charge in [0.1, 0.15) is 0 Å². The van der Waals surface area contributed by atoms with E-state index in [1.165, 1.54) is 0 Å². The molecule has 0 saturated carbocycles. The summed E-state index contributed by atoms with van der Waals surface area (Å²) in [6.45, 7) is 1.86. The molecular formula is C19H14Cl2N2OS. The number of hydrogen-bond donors (Lipinski definition) is 1. The number of halogens is 2. The van der Waals surface area contributed by atoms with Crippen LogP contribution in [0.2, 0.25) is 10.0 Å². The topological polar surface area (TPSA) is 42.9 Å². The number of ketones is 1. The molecule has 25 heavy (non-hydrogen) atoms. The number of pyridine rings is 2. The summed E-state index contributed by atoms with van der Waals surface area (Å²) in [4.78, 5) is 23.1. The van der Waals surface area contributed by atoms with Gasteiger partial charge in [-0.05, 0) is 24.3 Å². The molecule has 3 rings (SSSR count). The Kier molecular flexibility index (Phi) is 5.60. The normalized spacial score (nSPS) is 17.3. The SMILES string of the molecule is CCC(=O)C1=CC=C(C#Cc2cncc(Cl)c2)[SH]1c1cncc(Cl)c1. The lowest BCUT2D eigenvalue weighted by molar-refractivity contribution is -0.114. The molecule has 1 aliphatic rings. The van der Waals surface area contributed by atoms with Crippen LogP contribution in [0, 0.1) is 11.8 Å². The third kappa shape index (κ3) is 4.13. The Morgan fingerprint density at radius 1 is 1.04 bits per heavy atom. The Bertz CT molecular complexity index is 957. The molecule has 2 aromatic heterocycles. The Morgan fingerprint density at radius 3 is 2.44 bits per heavy atom. The van der Waals surface area contributed by atoms with Gasteiger partial charge in [-0.2, -0.15) is 10.9 Å². The van der Waals surface area contributed by atoms with Gasteiger partial charge in [-0.25, -0.2) is 0 Å². The summed E-state index contributed by atoms with van der Waals surface area (Å²) < 4.78 is 0. The lowest BCUT2D eigenvalue weighted by atomic mass is 10.2. The molecule has 0 fully saturated rings. The molecule has 0 radical (unpaired) electrons. The van der Waals surface area contributed by atoms with Crippen molar-refractivity contribution in [1.29, 1.82) is 0 Å². The summed E-state index contributed by atoms with van der Waals surface area (Å²) in [7, 11) is -1.03. The van der Waals surface area contributed by atoms with Crippen molar-refractivity contribution in [2.75, 3.05) is 0 Å². The number of allylic oxidation sites excluding steroid dienone is 4. The number of hydrogen-bond acceptors (Lipinski definition) is 3. The number of rotatable bonds is 3. The molecule has 0 N–H and O–H groups in total. The van der Waals surface area contributed by atoms with Gasteiger partial charge >= 0.3 is 0 Å². The van der Waals surface area contributed by atoms with Crippen molar-refractivity contribution in [1.82, 2.24) is 9.97 Å². The highest BCUT2D eigenvalue weighted by Crippen LogP contribution is 2.54. The standard InChI is InChI=1S/C19H14Cl2N2OS/c1-2-18(24)19-6-5-16(4-3-13-7-14(20)10-22-9-13)25(19)17-8-15(21)11-23-12-17/h5-12,25H,2H2,1H3. The molecule has 0 aromatic carbocycles. The van der Waals surface area contributed by atoms with Crippen molar-refractivity contribution in [3.05, 3.63) is 74.5 Å². The average molecular weight is 389 g/mol. The van der Waals surface area contributed by atoms with E-state index in [0.29, 0.717) is 16.5 Å². The molecule has 0 aliphatic carbocycles. The van der Waals surface area contributed by atoms with Gasteiger partial charge in [-0.15, -0.1) is 0 Å². The van der Waals surface area contributed by atoms with Crippen LogP contribution in [0.15, 0.2) is 63.8 Å². The zero-order chi connectivity index (χ0) is 17.8. The molecule has 0 bridgehead atoms. The maximum atomic E-state index is 12.3. The number of Topliss-reactive ketones (excluding diaryl/α,β-unsaturated/α-hetero) is 1. The Hall–Kier alpha value is -2.06. The van der Waals surface area contributed by atoms with Crippen molar-refractivity contribution in [2.45, 2.75) is 18.2 Å². The van der Waals surface area contributed by atoms with Crippen molar-refractivity contribution in [3.63, 3.8) is 0 Å². The van der Waals surface area contributed by atoms with E-state index in [1.54, 1.807) is 30.9 Å². The molecular weight excluding hydrogens is 375 g/mol. The van der Waals surface area contributed by atoms with E-state index in [4.69, 9.17) is 23.2 Å². The van der Waals surface area contributed by atoms with Gasteiger partial charge in [-0.3, -0.25) is 14.8 Å². The van der Waals surface area contributed by atoms with Crippen molar-refractivity contribution in [2.24, 2.45) is 0 Å². The Morgan fingerprint density at radius 2 is 1.76 bits per heavy atom. The number of nitrogens with zero attached hydrogens (tertiary/aromatic N) is 2. The van der Waals surface area contributed by atoms with Crippen LogP contribution < -0.4 is 0 Å². The van der Waals surface area contributed by atoms with E-state index >= 15 is 0 Å². The van der Waals surface area contributed by atoms with Gasteiger partial charge in [0.15, 0.2) is 5.78 Å². The molecule has 3 nitrogen and oxygen atoms in total. The summed E-state index contributed by atoms with van der Waals surface area (Å²) >= 11 is 12.0. The highest BCUT2D eigenvalue weighted by molar-refractivity contribution is 8.24. The van der Waals surface area contributed by atoms with Gasteiger partial charge in [0.2, 0.25) is 0 Å². The second-order valence-corrected chi connectivity index (χ2v) is 8.24. The van der Waals surface area contributed by atoms with Gasteiger partial charge in [0, 0.05) is 51.5 Å². The zero-order valence-corrected chi connectivity index (χ0v) is 15.7. The molecule has 1 aliphatic heterocycles. The molecule has 3 heterocycles. The minimum Gasteiger partial charge on any atom is -0.294 e. The fourth-order valence-corrected chi connectivity index (χ4v) is 5.06. The first-order valence-corrected chi connectivity index (χ1v) is 9.66. The monoisotopic (exact) mass is 388 g/mol. The number of thiol groups is 1. The summed E-state index contributed by atoms with van der Waals surface area (Å²) in [6, 6.07) is 3.60. The highest BCUT2D eigenvalue weighted by atomic mass is 35.5. The van der Waals surface area contributed by atoms with Gasteiger partial charge in [0.05, 0.1) is 10.0 Å². The quantitative estimate of drug-likeness (QED) is 0.596. The van der Waals surface area contributed by atoms with E-state index in [2.05, 4.69) is 21.8 Å². The fourth-order valence-electron chi connectivity index (χ4n) is 2.35. The summed E-state index contributed by atoms with van der Waals surface area (Å²) in [5, 5.41) is 1.08. The Balaban J connectivity index is 1.98. The van der Waals surface area contributed by atoms with Crippen LogP contribution >= 0.6 is 34.1 Å². The van der Waals surface area contributed by atoms with Crippen LogP contribution in [-0.4, -0.2) is 15.8 Å². The summed E-state index contributed by atoms with van der Waals surface area (Å²) in [5.41, 5.74) is 0.725. The summed E-state index contributed by atoms with van der Waals surface area (Å²) in [6.07, 6.45) is 10.8. The molecule has 1 atom stereocenters. The minimum absolute atomic E-state index is 0.114. The fraction of sp³-hybridized carbons (Fsp3) is 0.105. The first-order valence-electron chi connectivity index (χ1n) is 7.57. The van der Waals surface area contributed by atoms with Crippen LogP contribution in [-0.2, 0) is 4.79 Å². The van der Waals surface area contributed by atoms with Crippen molar-refractivity contribution in [3.8, 4) is 11.8 Å². The molecule has 0 saturated heterocycles. The molecule has 126 valence electrons. The third-order valence-electron chi connectivity index (χ3n) is 3.48. The van der Waals surface area contributed by atoms with Crippen LogP contribution in [0.1, 0.15) is 18.9 Å². The molecule has 0 amide bonds. The second-order valence-electron chi connectivity index (χ2n) is 5.22. The lowest BCUT2D eigenvalue weighted by Crippen LogP contribution is -2.01. The maximum absolute atomic E-state index is 12.3. The van der Waals surface area contributed by atoms with Crippen LogP contribution in [0.4, 0.5) is 0 Å². The molecule has 2 aromatic rings. The van der Waals surface area contributed by atoms with Gasteiger partial charge in [0.25, 0.3) is 0 Å². The number of carbonyl (C=O) groups is 1. The average Bonchev–Trinajstić information content (AvgIpc) is 3.03. The van der Waals surface area contributed by atoms with E-state index in [-0.39, 0.29) is 5.78 Å². The highest BCUT2D eigenvalue weighted by Gasteiger charge is 2.25. The van der Waals surface area contributed by atoms with Crippen LogP contribution in [0.3, 0.4) is 0 Å². The molecule has 6 heteroatoms. The van der Waals surface area contributed by atoms with Crippen molar-refractivity contribution >= 4 is 39.9 Å². The van der Waals surface area contributed by atoms with Gasteiger partial charge in [-0.1, -0.05) is 42.0 Å². The van der Waals surface area contributed by atoms with Crippen LogP contribution in [0.5, 0.6) is 0 Å². The van der Waals surface area contributed by atoms with E-state index in [9.17, 15) is 4.79 Å². The lowest BCUT2D eigenvalue weighted by Gasteiger charge is -2.20. The second kappa shape index (κ2) is 7.88. The van der Waals surface area contributed by atoms with Crippen molar-refractivity contribution < 1.29 is 4.79 Å². The maximum Gasteiger partial charge on any atom is 0.167 e. The zero-order valence-electron chi connectivity index (χ0n) is 13.3. The van der Waals surface area contributed by atoms with Gasteiger partial charge < -0.3 is 0 Å². The first-order chi connectivity index (χ1) is 12.1. The molecule has 0 spiro atoms. The number of aromatic nitrogens is 2. The predicted molar refractivity (Wildman–Crippen MR) is 104 cm³/mol. The predicted octanol–water partition coefficient (Wildman–Crippen LogP) is 4.96.